The van der Waals surface area contributed by atoms with Gasteiger partial charge in [-0.2, -0.15) is 0 Å². The molecule has 2 aromatic rings. The van der Waals surface area contributed by atoms with Gasteiger partial charge in [0.15, 0.2) is 16.8 Å². The zero-order chi connectivity index (χ0) is 13.7. The second-order valence-electron chi connectivity index (χ2n) is 2.85. The first kappa shape index (κ1) is 16.2. The molecule has 2 heterocycles. The topological polar surface area (TPSA) is 25.8 Å². The van der Waals surface area contributed by atoms with Crippen molar-refractivity contribution in [2.24, 2.45) is 0 Å². The Morgan fingerprint density at radius 3 is 1.89 bits per heavy atom. The van der Waals surface area contributed by atoms with E-state index in [9.17, 15) is 8.78 Å². The van der Waals surface area contributed by atoms with Gasteiger partial charge in [-0.15, -0.1) is 0 Å². The number of aromatic nitrogens is 2. The zero-order valence-electron chi connectivity index (χ0n) is 8.47. The molecule has 0 bridgehead atoms. The molecule has 0 aromatic carbocycles. The van der Waals surface area contributed by atoms with E-state index in [1.54, 1.807) is 6.20 Å². The third-order valence-corrected chi connectivity index (χ3v) is 3.47. The normalized spacial score (nSPS) is 9.67. The van der Waals surface area contributed by atoms with E-state index in [-0.39, 0.29) is 11.0 Å². The van der Waals surface area contributed by atoms with Gasteiger partial charge in [0, 0.05) is 21.3 Å². The molecule has 0 saturated heterocycles. The second-order valence-corrected chi connectivity index (χ2v) is 6.06. The molecule has 18 heavy (non-hydrogen) atoms. The SMILES string of the molecule is Fc1cc(Br)cnc1Cl.Fc1cc(Br)cnc1I. The van der Waals surface area contributed by atoms with E-state index in [1.807, 2.05) is 22.6 Å². The molecule has 8 heteroatoms. The van der Waals surface area contributed by atoms with Crippen LogP contribution in [0.25, 0.3) is 0 Å². The maximum atomic E-state index is 12.5. The monoisotopic (exact) mass is 510 g/mol. The van der Waals surface area contributed by atoms with Crippen molar-refractivity contribution in [1.82, 2.24) is 9.97 Å². The van der Waals surface area contributed by atoms with Gasteiger partial charge in [0.2, 0.25) is 0 Å². The maximum Gasteiger partial charge on any atom is 0.164 e. The summed E-state index contributed by atoms with van der Waals surface area (Å²) in [7, 11) is 0. The van der Waals surface area contributed by atoms with Crippen LogP contribution in [0.1, 0.15) is 0 Å². The summed E-state index contributed by atoms with van der Waals surface area (Å²) in [6.45, 7) is 0. The second kappa shape index (κ2) is 7.66. The molecular weight excluding hydrogens is 508 g/mol. The highest BCUT2D eigenvalue weighted by atomic mass is 127. The van der Waals surface area contributed by atoms with Crippen molar-refractivity contribution >= 4 is 66.1 Å². The molecule has 0 saturated carbocycles. The van der Waals surface area contributed by atoms with Gasteiger partial charge in [0.1, 0.15) is 3.70 Å². The Labute approximate surface area is 138 Å². The van der Waals surface area contributed by atoms with Crippen molar-refractivity contribution in [1.29, 1.82) is 0 Å². The van der Waals surface area contributed by atoms with Gasteiger partial charge in [0.05, 0.1) is 0 Å². The van der Waals surface area contributed by atoms with Crippen LogP contribution in [0, 0.1) is 15.3 Å². The molecule has 0 radical (unpaired) electrons. The van der Waals surface area contributed by atoms with Crippen LogP contribution in [-0.2, 0) is 0 Å². The summed E-state index contributed by atoms with van der Waals surface area (Å²) in [6.07, 6.45) is 3.00. The number of pyridine rings is 2. The zero-order valence-corrected chi connectivity index (χ0v) is 14.6. The van der Waals surface area contributed by atoms with Crippen LogP contribution in [0.3, 0.4) is 0 Å². The van der Waals surface area contributed by atoms with Crippen molar-refractivity contribution in [3.63, 3.8) is 0 Å². The lowest BCUT2D eigenvalue weighted by atomic mass is 10.5. The first-order valence-electron chi connectivity index (χ1n) is 4.33. The standard InChI is InChI=1S/C5H2BrClFN.C5H2BrFIN/c6-3-1-4(8)5(7)9-2-3;6-3-1-4(7)5(8)9-2-3/h2*1-2H. The van der Waals surface area contributed by atoms with Crippen LogP contribution >= 0.6 is 66.1 Å². The minimum Gasteiger partial charge on any atom is -0.246 e. The predicted octanol–water partition coefficient (Wildman–Crippen LogP) is 5.22. The summed E-state index contributed by atoms with van der Waals surface area (Å²) in [6, 6.07) is 2.64. The molecule has 0 atom stereocenters. The Morgan fingerprint density at radius 2 is 1.50 bits per heavy atom. The van der Waals surface area contributed by atoms with Crippen LogP contribution in [0.4, 0.5) is 8.78 Å². The summed E-state index contributed by atoms with van der Waals surface area (Å²) < 4.78 is 26.5. The van der Waals surface area contributed by atoms with E-state index in [0.717, 1.165) is 0 Å². The van der Waals surface area contributed by atoms with Crippen molar-refractivity contribution in [3.05, 3.63) is 54.0 Å². The molecule has 2 aromatic heterocycles. The van der Waals surface area contributed by atoms with E-state index in [2.05, 4.69) is 41.8 Å². The highest BCUT2D eigenvalue weighted by Crippen LogP contribution is 2.15. The van der Waals surface area contributed by atoms with Crippen LogP contribution in [-0.4, -0.2) is 9.97 Å². The van der Waals surface area contributed by atoms with Crippen LogP contribution in [0.2, 0.25) is 5.15 Å². The molecule has 0 unspecified atom stereocenters. The van der Waals surface area contributed by atoms with Crippen molar-refractivity contribution < 1.29 is 8.78 Å². The van der Waals surface area contributed by atoms with E-state index in [4.69, 9.17) is 11.6 Å². The minimum absolute atomic E-state index is 0.0989. The predicted molar refractivity (Wildman–Crippen MR) is 81.5 cm³/mol. The first-order valence-corrected chi connectivity index (χ1v) is 7.37. The fourth-order valence-electron chi connectivity index (χ4n) is 0.796. The average Bonchev–Trinajstić information content (AvgIpc) is 2.30. The Balaban J connectivity index is 0.000000180. The maximum absolute atomic E-state index is 12.5. The number of nitrogens with zero attached hydrogens (tertiary/aromatic N) is 2. The molecule has 0 N–H and O–H groups in total. The highest BCUT2D eigenvalue weighted by molar-refractivity contribution is 14.1. The fourth-order valence-corrected chi connectivity index (χ4v) is 1.80. The van der Waals surface area contributed by atoms with Crippen LogP contribution < -0.4 is 0 Å². The molecule has 96 valence electrons. The largest absolute Gasteiger partial charge is 0.246 e. The first-order chi connectivity index (χ1) is 8.40. The highest BCUT2D eigenvalue weighted by Gasteiger charge is 1.98. The van der Waals surface area contributed by atoms with Gasteiger partial charge in [0.25, 0.3) is 0 Å². The van der Waals surface area contributed by atoms with E-state index >= 15 is 0 Å². The number of hydrogen-bond donors (Lipinski definition) is 0. The molecule has 0 aliphatic heterocycles. The van der Waals surface area contributed by atoms with Crippen LogP contribution in [0.5, 0.6) is 0 Å². The molecule has 2 nitrogen and oxygen atoms in total. The van der Waals surface area contributed by atoms with Gasteiger partial charge in [-0.1, -0.05) is 11.6 Å². The third kappa shape index (κ3) is 5.41. The summed E-state index contributed by atoms with van der Waals surface area (Å²) in [5.41, 5.74) is 0. The average molecular weight is 512 g/mol. The lowest BCUT2D eigenvalue weighted by Crippen LogP contribution is -1.84. The molecule has 0 aliphatic carbocycles. The quantitative estimate of drug-likeness (QED) is 0.357. The van der Waals surface area contributed by atoms with Crippen LogP contribution in [0.15, 0.2) is 33.5 Å². The Morgan fingerprint density at radius 1 is 1.00 bits per heavy atom. The van der Waals surface area contributed by atoms with E-state index < -0.39 is 5.82 Å². The Bertz CT molecular complexity index is 508. The molecule has 0 spiro atoms. The molecule has 0 amide bonds. The van der Waals surface area contributed by atoms with E-state index in [0.29, 0.717) is 12.6 Å². The molecular formula is C10H4Br2ClF2IN2. The van der Waals surface area contributed by atoms with Crippen molar-refractivity contribution in [3.8, 4) is 0 Å². The number of rotatable bonds is 0. The summed E-state index contributed by atoms with van der Waals surface area (Å²) in [4.78, 5) is 7.26. The van der Waals surface area contributed by atoms with E-state index in [1.165, 1.54) is 18.3 Å². The smallest absolute Gasteiger partial charge is 0.164 e. The third-order valence-electron chi connectivity index (χ3n) is 1.53. The molecule has 2 rings (SSSR count). The van der Waals surface area contributed by atoms with Gasteiger partial charge in [-0.25, -0.2) is 18.7 Å². The summed E-state index contributed by atoms with van der Waals surface area (Å²) >= 11 is 13.2. The van der Waals surface area contributed by atoms with Gasteiger partial charge < -0.3 is 0 Å². The lowest BCUT2D eigenvalue weighted by Gasteiger charge is -1.91. The number of halogens is 6. The Hall–Kier alpha value is 0.140. The fraction of sp³-hybridized carbons (Fsp3) is 0. The number of hydrogen-bond acceptors (Lipinski definition) is 2. The summed E-state index contributed by atoms with van der Waals surface area (Å²) in [5, 5.41) is -0.0989. The summed E-state index contributed by atoms with van der Waals surface area (Å²) in [5.74, 6) is -0.795. The minimum atomic E-state index is -0.508. The van der Waals surface area contributed by atoms with Crippen molar-refractivity contribution in [2.75, 3.05) is 0 Å². The lowest BCUT2D eigenvalue weighted by molar-refractivity contribution is 0.611. The Kier molecular flexibility index (Phi) is 6.89. The van der Waals surface area contributed by atoms with Crippen molar-refractivity contribution in [2.45, 2.75) is 0 Å². The molecule has 0 fully saturated rings. The molecule has 0 aliphatic rings. The van der Waals surface area contributed by atoms with Gasteiger partial charge >= 0.3 is 0 Å². The van der Waals surface area contributed by atoms with Gasteiger partial charge in [-0.3, -0.25) is 0 Å². The van der Waals surface area contributed by atoms with Gasteiger partial charge in [-0.05, 0) is 66.6 Å².